The highest BCUT2D eigenvalue weighted by molar-refractivity contribution is 5.78. The molecule has 6 heteroatoms. The predicted octanol–water partition coefficient (Wildman–Crippen LogP) is 1.80. The van der Waals surface area contributed by atoms with Gasteiger partial charge in [0.2, 0.25) is 0 Å². The lowest BCUT2D eigenvalue weighted by Gasteiger charge is -2.31. The first kappa shape index (κ1) is 12.5. The molecule has 1 aliphatic rings. The molecule has 0 radical (unpaired) electrons. The fourth-order valence-corrected chi connectivity index (χ4v) is 2.21. The number of pyridine rings is 1. The van der Waals surface area contributed by atoms with Gasteiger partial charge in [-0.1, -0.05) is 0 Å². The molecule has 18 heavy (non-hydrogen) atoms. The molecule has 2 heterocycles. The van der Waals surface area contributed by atoms with Crippen molar-refractivity contribution in [3.8, 4) is 0 Å². The Morgan fingerprint density at radius 3 is 2.72 bits per heavy atom. The highest BCUT2D eigenvalue weighted by Crippen LogP contribution is 2.24. The van der Waals surface area contributed by atoms with Gasteiger partial charge in [0, 0.05) is 31.3 Å². The van der Waals surface area contributed by atoms with Gasteiger partial charge in [-0.05, 0) is 19.8 Å². The van der Waals surface area contributed by atoms with Crippen molar-refractivity contribution in [2.45, 2.75) is 19.8 Å². The van der Waals surface area contributed by atoms with Gasteiger partial charge in [-0.2, -0.15) is 0 Å². The highest BCUT2D eigenvalue weighted by atomic mass is 16.6. The van der Waals surface area contributed by atoms with Gasteiger partial charge < -0.3 is 4.90 Å². The third-order valence-electron chi connectivity index (χ3n) is 3.33. The Bertz CT molecular complexity index is 467. The molecule has 1 aromatic heterocycles. The summed E-state index contributed by atoms with van der Waals surface area (Å²) in [5, 5.41) is 10.7. The van der Waals surface area contributed by atoms with Crippen molar-refractivity contribution in [2.24, 2.45) is 5.92 Å². The number of Topliss-reactive ketones (excluding diaryl/α,β-unsaturated/α-hetero) is 1. The number of nitro groups is 1. The van der Waals surface area contributed by atoms with E-state index in [0.717, 1.165) is 25.9 Å². The van der Waals surface area contributed by atoms with Gasteiger partial charge in [0.25, 0.3) is 5.69 Å². The lowest BCUT2D eigenvalue weighted by atomic mass is 9.93. The van der Waals surface area contributed by atoms with Crippen LogP contribution < -0.4 is 4.90 Å². The van der Waals surface area contributed by atoms with Crippen molar-refractivity contribution < 1.29 is 9.72 Å². The second-order valence-electron chi connectivity index (χ2n) is 4.50. The highest BCUT2D eigenvalue weighted by Gasteiger charge is 2.23. The van der Waals surface area contributed by atoms with Crippen LogP contribution in [0.15, 0.2) is 18.3 Å². The molecule has 0 amide bonds. The Morgan fingerprint density at radius 1 is 1.50 bits per heavy atom. The Balaban J connectivity index is 2.07. The lowest BCUT2D eigenvalue weighted by molar-refractivity contribution is -0.384. The molecule has 1 aromatic rings. The second-order valence-corrected chi connectivity index (χ2v) is 4.50. The number of carbonyl (C=O) groups excluding carboxylic acids is 1. The Labute approximate surface area is 105 Å². The van der Waals surface area contributed by atoms with Crippen LogP contribution in [-0.2, 0) is 4.79 Å². The zero-order valence-electron chi connectivity index (χ0n) is 10.2. The van der Waals surface area contributed by atoms with Crippen molar-refractivity contribution in [3.63, 3.8) is 0 Å². The van der Waals surface area contributed by atoms with E-state index in [9.17, 15) is 14.9 Å². The summed E-state index contributed by atoms with van der Waals surface area (Å²) in [6.45, 7) is 3.06. The van der Waals surface area contributed by atoms with Gasteiger partial charge in [0.1, 0.15) is 11.6 Å². The molecular formula is C12H15N3O3. The third-order valence-corrected chi connectivity index (χ3v) is 3.33. The molecule has 0 aromatic carbocycles. The minimum absolute atomic E-state index is 0.0497. The second kappa shape index (κ2) is 5.12. The molecule has 0 N–H and O–H groups in total. The SMILES string of the molecule is CC(=O)C1CCN(c2cc([N+](=O)[O-])ccn2)CC1. The molecule has 1 fully saturated rings. The van der Waals surface area contributed by atoms with Crippen LogP contribution in [0.2, 0.25) is 0 Å². The topological polar surface area (TPSA) is 76.3 Å². The van der Waals surface area contributed by atoms with Gasteiger partial charge in [-0.3, -0.25) is 14.9 Å². The van der Waals surface area contributed by atoms with E-state index < -0.39 is 4.92 Å². The predicted molar refractivity (Wildman–Crippen MR) is 66.5 cm³/mol. The molecule has 0 spiro atoms. The molecular weight excluding hydrogens is 234 g/mol. The van der Waals surface area contributed by atoms with Gasteiger partial charge >= 0.3 is 0 Å². The molecule has 0 unspecified atom stereocenters. The summed E-state index contributed by atoms with van der Waals surface area (Å²) in [5.74, 6) is 0.966. The van der Waals surface area contributed by atoms with Crippen molar-refractivity contribution in [1.29, 1.82) is 0 Å². The summed E-state index contributed by atoms with van der Waals surface area (Å²) in [6.07, 6.45) is 3.03. The van der Waals surface area contributed by atoms with E-state index in [1.165, 1.54) is 18.3 Å². The fourth-order valence-electron chi connectivity index (χ4n) is 2.21. The Morgan fingerprint density at radius 2 is 2.17 bits per heavy atom. The van der Waals surface area contributed by atoms with E-state index >= 15 is 0 Å². The van der Waals surface area contributed by atoms with E-state index in [0.29, 0.717) is 5.82 Å². The van der Waals surface area contributed by atoms with Gasteiger partial charge in [-0.15, -0.1) is 0 Å². The molecule has 0 bridgehead atoms. The van der Waals surface area contributed by atoms with Crippen molar-refractivity contribution in [1.82, 2.24) is 4.98 Å². The number of ketones is 1. The molecule has 0 atom stereocenters. The van der Waals surface area contributed by atoms with E-state index in [1.807, 2.05) is 4.90 Å². The van der Waals surface area contributed by atoms with Crippen molar-refractivity contribution >= 4 is 17.3 Å². The Hall–Kier alpha value is -1.98. The zero-order chi connectivity index (χ0) is 13.1. The first-order chi connectivity index (χ1) is 8.58. The first-order valence-electron chi connectivity index (χ1n) is 5.94. The number of aromatic nitrogens is 1. The summed E-state index contributed by atoms with van der Waals surface area (Å²) in [4.78, 5) is 27.7. The zero-order valence-corrected chi connectivity index (χ0v) is 10.2. The van der Waals surface area contributed by atoms with Crippen molar-refractivity contribution in [3.05, 3.63) is 28.4 Å². The van der Waals surface area contributed by atoms with Crippen LogP contribution in [-0.4, -0.2) is 28.8 Å². The average molecular weight is 249 g/mol. The number of piperidine rings is 1. The summed E-state index contributed by atoms with van der Waals surface area (Å²) in [6, 6.07) is 2.86. The van der Waals surface area contributed by atoms with Crippen LogP contribution in [0, 0.1) is 16.0 Å². The largest absolute Gasteiger partial charge is 0.356 e. The minimum Gasteiger partial charge on any atom is -0.356 e. The molecule has 1 saturated heterocycles. The average Bonchev–Trinajstić information content (AvgIpc) is 2.39. The molecule has 1 aliphatic heterocycles. The first-order valence-corrected chi connectivity index (χ1v) is 5.94. The number of hydrogen-bond donors (Lipinski definition) is 0. The van der Waals surface area contributed by atoms with Gasteiger partial charge in [-0.25, -0.2) is 4.98 Å². The van der Waals surface area contributed by atoms with E-state index in [2.05, 4.69) is 4.98 Å². The third kappa shape index (κ3) is 2.64. The smallest absolute Gasteiger partial charge is 0.274 e. The number of nitrogens with zero attached hydrogens (tertiary/aromatic N) is 3. The molecule has 2 rings (SSSR count). The van der Waals surface area contributed by atoms with Crippen LogP contribution in [0.25, 0.3) is 0 Å². The van der Waals surface area contributed by atoms with Crippen molar-refractivity contribution in [2.75, 3.05) is 18.0 Å². The summed E-state index contributed by atoms with van der Waals surface area (Å²) in [5.41, 5.74) is 0.0497. The summed E-state index contributed by atoms with van der Waals surface area (Å²) < 4.78 is 0. The number of carbonyl (C=O) groups is 1. The summed E-state index contributed by atoms with van der Waals surface area (Å²) in [7, 11) is 0. The van der Waals surface area contributed by atoms with Crippen LogP contribution in [0.5, 0.6) is 0 Å². The van der Waals surface area contributed by atoms with Crippen LogP contribution in [0.1, 0.15) is 19.8 Å². The van der Waals surface area contributed by atoms with E-state index in [1.54, 1.807) is 6.92 Å². The molecule has 6 nitrogen and oxygen atoms in total. The number of hydrogen-bond acceptors (Lipinski definition) is 5. The molecule has 0 aliphatic carbocycles. The maximum atomic E-state index is 11.3. The monoisotopic (exact) mass is 249 g/mol. The molecule has 0 saturated carbocycles. The maximum Gasteiger partial charge on any atom is 0.274 e. The summed E-state index contributed by atoms with van der Waals surface area (Å²) >= 11 is 0. The number of rotatable bonds is 3. The van der Waals surface area contributed by atoms with Crippen LogP contribution >= 0.6 is 0 Å². The lowest BCUT2D eigenvalue weighted by Crippen LogP contribution is -2.36. The normalized spacial score (nSPS) is 16.6. The fraction of sp³-hybridized carbons (Fsp3) is 0.500. The van der Waals surface area contributed by atoms with Crippen LogP contribution in [0.3, 0.4) is 0 Å². The Kier molecular flexibility index (Phi) is 3.55. The quantitative estimate of drug-likeness (QED) is 0.603. The standard InChI is InChI=1S/C12H15N3O3/c1-9(16)10-3-6-14(7-4-10)12-8-11(15(17)18)2-5-13-12/h2,5,8,10H,3-4,6-7H2,1H3. The molecule has 96 valence electrons. The van der Waals surface area contributed by atoms with E-state index in [4.69, 9.17) is 0 Å². The number of anilines is 1. The van der Waals surface area contributed by atoms with Crippen LogP contribution in [0.4, 0.5) is 11.5 Å². The van der Waals surface area contributed by atoms with Gasteiger partial charge in [0.05, 0.1) is 11.0 Å². The van der Waals surface area contributed by atoms with E-state index in [-0.39, 0.29) is 17.4 Å². The van der Waals surface area contributed by atoms with Gasteiger partial charge in [0.15, 0.2) is 0 Å². The minimum atomic E-state index is -0.423. The maximum absolute atomic E-state index is 11.3.